The van der Waals surface area contributed by atoms with Crippen molar-refractivity contribution < 1.29 is 14.3 Å². The Labute approximate surface area is 152 Å². The van der Waals surface area contributed by atoms with Gasteiger partial charge in [0.25, 0.3) is 0 Å². The van der Waals surface area contributed by atoms with Crippen molar-refractivity contribution in [1.29, 1.82) is 0 Å². The molecule has 4 rings (SSSR count). The number of nitrogens with one attached hydrogen (secondary N) is 1. The molecule has 6 heteroatoms. The molecule has 1 aromatic rings. The largest absolute Gasteiger partial charge is 0.360 e. The summed E-state index contributed by atoms with van der Waals surface area (Å²) in [5, 5.41) is 5.03. The first-order valence-corrected chi connectivity index (χ1v) is 9.84. The van der Waals surface area contributed by atoms with Crippen LogP contribution in [0.2, 0.25) is 0 Å². The molecule has 2 saturated heterocycles. The summed E-state index contributed by atoms with van der Waals surface area (Å²) in [6.07, 6.45) is 4.64. The number of likely N-dealkylation sites (tertiary alicyclic amines) is 1. The number of hydrogen-bond acceptors (Lipinski definition) is 4. The van der Waals surface area contributed by atoms with Gasteiger partial charge >= 0.3 is 0 Å². The van der Waals surface area contributed by atoms with E-state index in [0.717, 1.165) is 11.3 Å². The molecule has 4 atom stereocenters. The number of carbonyl (C=O) groups excluding carboxylic acids is 2. The number of amides is 2. The molecule has 2 amide bonds. The van der Waals surface area contributed by atoms with E-state index in [2.05, 4.69) is 19.2 Å². The van der Waals surface area contributed by atoms with Crippen LogP contribution in [0.15, 0.2) is 29.7 Å². The molecular weight excluding hydrogens is 336 g/mol. The van der Waals surface area contributed by atoms with Crippen molar-refractivity contribution in [2.75, 3.05) is 13.1 Å². The van der Waals surface area contributed by atoms with E-state index in [-0.39, 0.29) is 23.8 Å². The lowest BCUT2D eigenvalue weighted by Crippen LogP contribution is -2.44. The molecule has 25 heavy (non-hydrogen) atoms. The summed E-state index contributed by atoms with van der Waals surface area (Å²) < 4.78 is 6.13. The molecule has 1 aromatic heterocycles. The first-order chi connectivity index (χ1) is 12.0. The molecule has 134 valence electrons. The first-order valence-electron chi connectivity index (χ1n) is 8.96. The van der Waals surface area contributed by atoms with Crippen LogP contribution in [0, 0.1) is 17.8 Å². The van der Waals surface area contributed by atoms with Gasteiger partial charge in [0, 0.05) is 11.4 Å². The van der Waals surface area contributed by atoms with Crippen LogP contribution in [0.1, 0.15) is 25.1 Å². The minimum Gasteiger partial charge on any atom is -0.360 e. The molecule has 0 aliphatic carbocycles. The standard InChI is InChI=1S/C19H24N2O3S/c1-12(2)6-8-20-17(22)15-14-5-7-19(24-14)11-21(18(23)16(15)19)10-13-4-3-9-25-13/h3-5,7,9,12,14-16H,6,8,10-11H2,1-2H3,(H,20,22). The first kappa shape index (κ1) is 16.8. The van der Waals surface area contributed by atoms with Crippen LogP contribution in [-0.2, 0) is 20.9 Å². The van der Waals surface area contributed by atoms with Crippen LogP contribution < -0.4 is 5.32 Å². The quantitative estimate of drug-likeness (QED) is 0.791. The third kappa shape index (κ3) is 2.81. The van der Waals surface area contributed by atoms with Crippen molar-refractivity contribution in [2.24, 2.45) is 17.8 Å². The fourth-order valence-electron chi connectivity index (χ4n) is 4.20. The predicted molar refractivity (Wildman–Crippen MR) is 95.9 cm³/mol. The van der Waals surface area contributed by atoms with Crippen molar-refractivity contribution in [3.05, 3.63) is 34.5 Å². The summed E-state index contributed by atoms with van der Waals surface area (Å²) in [6.45, 7) is 6.05. The summed E-state index contributed by atoms with van der Waals surface area (Å²) in [4.78, 5) is 28.8. The molecule has 4 heterocycles. The molecule has 0 radical (unpaired) electrons. The van der Waals surface area contributed by atoms with Crippen molar-refractivity contribution in [3.63, 3.8) is 0 Å². The van der Waals surface area contributed by atoms with Crippen molar-refractivity contribution >= 4 is 23.2 Å². The highest BCUT2D eigenvalue weighted by Gasteiger charge is 2.66. The molecule has 1 N–H and O–H groups in total. The van der Waals surface area contributed by atoms with Crippen molar-refractivity contribution in [3.8, 4) is 0 Å². The van der Waals surface area contributed by atoms with E-state index in [9.17, 15) is 9.59 Å². The lowest BCUT2D eigenvalue weighted by Gasteiger charge is -2.23. The lowest BCUT2D eigenvalue weighted by atomic mass is 9.77. The maximum absolute atomic E-state index is 13.0. The maximum atomic E-state index is 13.0. The minimum absolute atomic E-state index is 0.0456. The van der Waals surface area contributed by atoms with Gasteiger partial charge in [-0.15, -0.1) is 11.3 Å². The van der Waals surface area contributed by atoms with Crippen molar-refractivity contribution in [1.82, 2.24) is 10.2 Å². The Morgan fingerprint density at radius 3 is 3.08 bits per heavy atom. The van der Waals surface area contributed by atoms with E-state index in [1.165, 1.54) is 0 Å². The molecule has 2 fully saturated rings. The Balaban J connectivity index is 1.49. The zero-order valence-electron chi connectivity index (χ0n) is 14.6. The van der Waals surface area contributed by atoms with Crippen LogP contribution in [0.25, 0.3) is 0 Å². The minimum atomic E-state index is -0.612. The molecule has 3 aliphatic heterocycles. The summed E-state index contributed by atoms with van der Waals surface area (Å²) in [5.74, 6) is -0.255. The van der Waals surface area contributed by atoms with Crippen LogP contribution >= 0.6 is 11.3 Å². The average molecular weight is 360 g/mol. The molecule has 0 saturated carbocycles. The summed E-state index contributed by atoms with van der Waals surface area (Å²) in [5.41, 5.74) is -0.612. The zero-order chi connectivity index (χ0) is 17.6. The van der Waals surface area contributed by atoms with Gasteiger partial charge in [-0.3, -0.25) is 9.59 Å². The van der Waals surface area contributed by atoms with Crippen LogP contribution in [-0.4, -0.2) is 41.5 Å². The monoisotopic (exact) mass is 360 g/mol. The number of fused-ring (bicyclic) bond motifs is 1. The van der Waals surface area contributed by atoms with Gasteiger partial charge < -0.3 is 15.0 Å². The molecule has 5 nitrogen and oxygen atoms in total. The van der Waals surface area contributed by atoms with Gasteiger partial charge in [-0.05, 0) is 23.8 Å². The topological polar surface area (TPSA) is 58.6 Å². The number of thiophene rings is 1. The fraction of sp³-hybridized carbons (Fsp3) is 0.579. The van der Waals surface area contributed by atoms with E-state index in [0.29, 0.717) is 25.6 Å². The highest BCUT2D eigenvalue weighted by Crippen LogP contribution is 2.52. The van der Waals surface area contributed by atoms with E-state index in [4.69, 9.17) is 4.74 Å². The SMILES string of the molecule is CC(C)CCNC(=O)C1C2C=CC3(CN(Cc4cccs4)C(=O)C13)O2. The average Bonchev–Trinajstić information content (AvgIpc) is 3.30. The lowest BCUT2D eigenvalue weighted by molar-refractivity contribution is -0.137. The molecule has 0 aromatic carbocycles. The predicted octanol–water partition coefficient (Wildman–Crippen LogP) is 2.19. The summed E-state index contributed by atoms with van der Waals surface area (Å²) >= 11 is 1.65. The van der Waals surface area contributed by atoms with E-state index in [1.54, 1.807) is 11.3 Å². The van der Waals surface area contributed by atoms with Crippen molar-refractivity contribution in [2.45, 2.75) is 38.5 Å². The second-order valence-electron chi connectivity index (χ2n) is 7.65. The van der Waals surface area contributed by atoms with Gasteiger partial charge in [0.05, 0.1) is 31.0 Å². The molecule has 3 aliphatic rings. The number of nitrogens with zero attached hydrogens (tertiary/aromatic N) is 1. The number of hydrogen-bond donors (Lipinski definition) is 1. The van der Waals surface area contributed by atoms with Gasteiger partial charge in [-0.25, -0.2) is 0 Å². The zero-order valence-corrected chi connectivity index (χ0v) is 15.4. The molecular formula is C19H24N2O3S. The normalized spacial score (nSPS) is 32.7. The third-order valence-corrected chi connectivity index (χ3v) is 6.29. The molecule has 2 bridgehead atoms. The van der Waals surface area contributed by atoms with E-state index < -0.39 is 11.5 Å². The van der Waals surface area contributed by atoms with Crippen LogP contribution in [0.3, 0.4) is 0 Å². The molecule has 1 spiro atoms. The summed E-state index contributed by atoms with van der Waals surface area (Å²) in [6, 6.07) is 4.03. The number of carbonyl (C=O) groups is 2. The fourth-order valence-corrected chi connectivity index (χ4v) is 4.92. The van der Waals surface area contributed by atoms with Gasteiger partial charge in [-0.1, -0.05) is 32.1 Å². The third-order valence-electron chi connectivity index (χ3n) is 5.43. The summed E-state index contributed by atoms with van der Waals surface area (Å²) in [7, 11) is 0. The Bertz CT molecular complexity index is 700. The van der Waals surface area contributed by atoms with Gasteiger partial charge in [0.15, 0.2) is 0 Å². The Hall–Kier alpha value is -1.66. The number of ether oxygens (including phenoxy) is 1. The highest BCUT2D eigenvalue weighted by molar-refractivity contribution is 7.09. The second kappa shape index (κ2) is 6.25. The second-order valence-corrected chi connectivity index (χ2v) is 8.68. The number of rotatable bonds is 6. The highest BCUT2D eigenvalue weighted by atomic mass is 32.1. The van der Waals surface area contributed by atoms with Gasteiger partial charge in [0.1, 0.15) is 5.60 Å². The van der Waals surface area contributed by atoms with E-state index >= 15 is 0 Å². The van der Waals surface area contributed by atoms with Crippen LogP contribution in [0.5, 0.6) is 0 Å². The van der Waals surface area contributed by atoms with Crippen LogP contribution in [0.4, 0.5) is 0 Å². The Kier molecular flexibility index (Phi) is 4.20. The Morgan fingerprint density at radius 2 is 2.36 bits per heavy atom. The van der Waals surface area contributed by atoms with Gasteiger partial charge in [0.2, 0.25) is 11.8 Å². The Morgan fingerprint density at radius 1 is 1.52 bits per heavy atom. The maximum Gasteiger partial charge on any atom is 0.230 e. The van der Waals surface area contributed by atoms with Gasteiger partial charge in [-0.2, -0.15) is 0 Å². The van der Waals surface area contributed by atoms with E-state index in [1.807, 2.05) is 34.6 Å². The molecule has 4 unspecified atom stereocenters. The smallest absolute Gasteiger partial charge is 0.230 e.